The zero-order chi connectivity index (χ0) is 8.97. The quantitative estimate of drug-likeness (QED) is 0.763. The van der Waals surface area contributed by atoms with E-state index in [2.05, 4.69) is 21.9 Å². The number of nitrogens with two attached hydrogens (primary N) is 1. The highest BCUT2D eigenvalue weighted by molar-refractivity contribution is 9.10. The van der Waals surface area contributed by atoms with Gasteiger partial charge in [-0.2, -0.15) is 0 Å². The molecule has 1 aromatic carbocycles. The van der Waals surface area contributed by atoms with Gasteiger partial charge in [-0.3, -0.25) is 0 Å². The molecule has 1 nitrogen and oxygen atoms in total. The van der Waals surface area contributed by atoms with Crippen LogP contribution in [-0.4, -0.2) is 6.04 Å². The van der Waals surface area contributed by atoms with Gasteiger partial charge in [0.15, 0.2) is 0 Å². The monoisotopic (exact) mass is 223 g/mol. The van der Waals surface area contributed by atoms with Crippen LogP contribution in [0.4, 0.5) is 0 Å². The van der Waals surface area contributed by atoms with E-state index < -0.39 is 0 Å². The number of halogens is 1. The number of rotatable bonds is 2. The Labute approximate surface area is 81.1 Å². The molecule has 1 aromatic rings. The molecular weight excluding hydrogens is 214 g/mol. The largest absolute Gasteiger partial charge is 0.317 e. The summed E-state index contributed by atoms with van der Waals surface area (Å²) in [5, 5.41) is 0. The molecule has 0 aromatic heterocycles. The first-order valence-electron chi connectivity index (χ1n) is 3.69. The second kappa shape index (κ2) is 4.30. The summed E-state index contributed by atoms with van der Waals surface area (Å²) in [5.41, 5.74) is 6.77. The van der Waals surface area contributed by atoms with E-state index in [0.29, 0.717) is 0 Å². The summed E-state index contributed by atoms with van der Waals surface area (Å²) in [7, 11) is 0. The van der Waals surface area contributed by atoms with Crippen LogP contribution in [0.2, 0.25) is 0 Å². The smallest absolute Gasteiger partial charge is 0.0703 e. The molecule has 0 heterocycles. The van der Waals surface area contributed by atoms with Crippen LogP contribution in [0, 0.1) is 12.3 Å². The standard InChI is InChI=1S/C10H10BrN/c1-2-9(12)7-8-5-3-4-6-10(8)11/h1,3-6,9H,7,12H2. The van der Waals surface area contributed by atoms with Gasteiger partial charge in [0.2, 0.25) is 0 Å². The fourth-order valence-corrected chi connectivity index (χ4v) is 1.41. The molecule has 0 saturated carbocycles. The second-order valence-corrected chi connectivity index (χ2v) is 3.42. The molecular formula is C10H10BrN. The summed E-state index contributed by atoms with van der Waals surface area (Å²) in [6.07, 6.45) is 5.90. The van der Waals surface area contributed by atoms with Crippen molar-refractivity contribution in [3.8, 4) is 12.3 Å². The lowest BCUT2D eigenvalue weighted by atomic mass is 10.1. The average molecular weight is 224 g/mol. The Hall–Kier alpha value is -0.780. The minimum absolute atomic E-state index is 0.191. The van der Waals surface area contributed by atoms with Crippen molar-refractivity contribution in [2.24, 2.45) is 5.73 Å². The predicted molar refractivity (Wildman–Crippen MR) is 54.7 cm³/mol. The fourth-order valence-electron chi connectivity index (χ4n) is 0.960. The van der Waals surface area contributed by atoms with E-state index in [0.717, 1.165) is 16.5 Å². The van der Waals surface area contributed by atoms with Crippen molar-refractivity contribution in [3.63, 3.8) is 0 Å². The molecule has 0 bridgehead atoms. The van der Waals surface area contributed by atoms with Gasteiger partial charge in [0, 0.05) is 4.47 Å². The Bertz CT molecular complexity index is 301. The van der Waals surface area contributed by atoms with Crippen LogP contribution in [0.25, 0.3) is 0 Å². The van der Waals surface area contributed by atoms with E-state index in [9.17, 15) is 0 Å². The first-order valence-corrected chi connectivity index (χ1v) is 4.48. The summed E-state index contributed by atoms with van der Waals surface area (Å²) < 4.78 is 1.07. The molecule has 0 fully saturated rings. The first kappa shape index (κ1) is 9.31. The SMILES string of the molecule is C#CC(N)Cc1ccccc1Br. The van der Waals surface area contributed by atoms with Crippen LogP contribution >= 0.6 is 15.9 Å². The van der Waals surface area contributed by atoms with Crippen LogP contribution in [0.15, 0.2) is 28.7 Å². The number of benzene rings is 1. The third-order valence-electron chi connectivity index (χ3n) is 1.61. The van der Waals surface area contributed by atoms with Gasteiger partial charge in [0.05, 0.1) is 6.04 Å². The van der Waals surface area contributed by atoms with Gasteiger partial charge in [-0.15, -0.1) is 6.42 Å². The van der Waals surface area contributed by atoms with Crippen LogP contribution in [0.5, 0.6) is 0 Å². The van der Waals surface area contributed by atoms with Gasteiger partial charge in [0.25, 0.3) is 0 Å². The van der Waals surface area contributed by atoms with E-state index >= 15 is 0 Å². The van der Waals surface area contributed by atoms with Crippen LogP contribution in [0.1, 0.15) is 5.56 Å². The molecule has 2 N–H and O–H groups in total. The summed E-state index contributed by atoms with van der Waals surface area (Å²) >= 11 is 3.43. The van der Waals surface area contributed by atoms with Crippen molar-refractivity contribution >= 4 is 15.9 Å². The van der Waals surface area contributed by atoms with Gasteiger partial charge in [0.1, 0.15) is 0 Å². The molecule has 0 aliphatic rings. The van der Waals surface area contributed by atoms with Crippen LogP contribution in [0.3, 0.4) is 0 Å². The van der Waals surface area contributed by atoms with Crippen molar-refractivity contribution in [2.75, 3.05) is 0 Å². The van der Waals surface area contributed by atoms with E-state index in [4.69, 9.17) is 12.2 Å². The fraction of sp³-hybridized carbons (Fsp3) is 0.200. The minimum Gasteiger partial charge on any atom is -0.317 e. The zero-order valence-electron chi connectivity index (χ0n) is 6.63. The molecule has 0 amide bonds. The lowest BCUT2D eigenvalue weighted by Crippen LogP contribution is -2.20. The second-order valence-electron chi connectivity index (χ2n) is 2.57. The van der Waals surface area contributed by atoms with E-state index in [1.54, 1.807) is 0 Å². The topological polar surface area (TPSA) is 26.0 Å². The van der Waals surface area contributed by atoms with E-state index in [-0.39, 0.29) is 6.04 Å². The lowest BCUT2D eigenvalue weighted by molar-refractivity contribution is 0.833. The molecule has 1 atom stereocenters. The zero-order valence-corrected chi connectivity index (χ0v) is 8.21. The maximum atomic E-state index is 5.62. The molecule has 0 radical (unpaired) electrons. The van der Waals surface area contributed by atoms with E-state index in [1.807, 2.05) is 24.3 Å². The Balaban J connectivity index is 2.77. The molecule has 12 heavy (non-hydrogen) atoms. The number of hydrogen-bond donors (Lipinski definition) is 1. The molecule has 0 spiro atoms. The molecule has 62 valence electrons. The molecule has 2 heteroatoms. The van der Waals surface area contributed by atoms with Crippen molar-refractivity contribution in [3.05, 3.63) is 34.3 Å². The Morgan fingerprint density at radius 2 is 2.17 bits per heavy atom. The van der Waals surface area contributed by atoms with Gasteiger partial charge in [-0.1, -0.05) is 40.0 Å². The summed E-state index contributed by atoms with van der Waals surface area (Å²) in [6.45, 7) is 0. The Morgan fingerprint density at radius 1 is 1.50 bits per heavy atom. The number of terminal acetylenes is 1. The van der Waals surface area contributed by atoms with Gasteiger partial charge in [-0.05, 0) is 18.1 Å². The minimum atomic E-state index is -0.191. The molecule has 0 aliphatic heterocycles. The highest BCUT2D eigenvalue weighted by Crippen LogP contribution is 2.16. The maximum absolute atomic E-state index is 5.62. The van der Waals surface area contributed by atoms with Crippen molar-refractivity contribution < 1.29 is 0 Å². The van der Waals surface area contributed by atoms with Gasteiger partial charge in [-0.25, -0.2) is 0 Å². The highest BCUT2D eigenvalue weighted by atomic mass is 79.9. The van der Waals surface area contributed by atoms with E-state index in [1.165, 1.54) is 0 Å². The molecule has 0 saturated heterocycles. The maximum Gasteiger partial charge on any atom is 0.0703 e. The van der Waals surface area contributed by atoms with Crippen LogP contribution < -0.4 is 5.73 Å². The van der Waals surface area contributed by atoms with Crippen molar-refractivity contribution in [1.82, 2.24) is 0 Å². The lowest BCUT2D eigenvalue weighted by Gasteiger charge is -2.05. The molecule has 1 rings (SSSR count). The van der Waals surface area contributed by atoms with Gasteiger partial charge < -0.3 is 5.73 Å². The Morgan fingerprint density at radius 3 is 2.75 bits per heavy atom. The molecule has 0 aliphatic carbocycles. The average Bonchev–Trinajstić information content (AvgIpc) is 2.09. The van der Waals surface area contributed by atoms with Crippen molar-refractivity contribution in [2.45, 2.75) is 12.5 Å². The summed E-state index contributed by atoms with van der Waals surface area (Å²) in [4.78, 5) is 0. The molecule has 1 unspecified atom stereocenters. The summed E-state index contributed by atoms with van der Waals surface area (Å²) in [6, 6.07) is 7.75. The predicted octanol–water partition coefficient (Wildman–Crippen LogP) is 1.95. The highest BCUT2D eigenvalue weighted by Gasteiger charge is 2.02. The number of hydrogen-bond acceptors (Lipinski definition) is 1. The third-order valence-corrected chi connectivity index (χ3v) is 2.39. The Kier molecular flexibility index (Phi) is 3.33. The normalized spacial score (nSPS) is 12.1. The van der Waals surface area contributed by atoms with Crippen molar-refractivity contribution in [1.29, 1.82) is 0 Å². The van der Waals surface area contributed by atoms with Crippen LogP contribution in [-0.2, 0) is 6.42 Å². The first-order chi connectivity index (χ1) is 5.74. The summed E-state index contributed by atoms with van der Waals surface area (Å²) in [5.74, 6) is 2.50. The van der Waals surface area contributed by atoms with Gasteiger partial charge >= 0.3 is 0 Å². The third kappa shape index (κ3) is 2.37.